The van der Waals surface area contributed by atoms with Gasteiger partial charge in [-0.15, -0.1) is 0 Å². The van der Waals surface area contributed by atoms with Gasteiger partial charge in [0.15, 0.2) is 0 Å². The van der Waals surface area contributed by atoms with E-state index in [-0.39, 0.29) is 27.6 Å². The monoisotopic (exact) mass is 309 g/mol. The van der Waals surface area contributed by atoms with Gasteiger partial charge in [0.25, 0.3) is 11.6 Å². The van der Waals surface area contributed by atoms with Crippen molar-refractivity contribution in [3.05, 3.63) is 62.9 Å². The van der Waals surface area contributed by atoms with Crippen molar-refractivity contribution in [3.63, 3.8) is 0 Å². The molecule has 0 bridgehead atoms. The molecule has 108 valence electrons. The fourth-order valence-corrected chi connectivity index (χ4v) is 1.82. The van der Waals surface area contributed by atoms with Crippen LogP contribution in [0, 0.1) is 15.9 Å². The normalized spacial score (nSPS) is 10.2. The zero-order valence-electron chi connectivity index (χ0n) is 10.5. The fourth-order valence-electron chi connectivity index (χ4n) is 1.62. The van der Waals surface area contributed by atoms with Gasteiger partial charge < -0.3 is 11.1 Å². The Bertz CT molecular complexity index is 737. The maximum atomic E-state index is 13.0. The molecule has 0 atom stereocenters. The van der Waals surface area contributed by atoms with Crippen molar-refractivity contribution < 1.29 is 14.1 Å². The molecule has 21 heavy (non-hydrogen) atoms. The summed E-state index contributed by atoms with van der Waals surface area (Å²) in [5.41, 5.74) is 5.19. The van der Waals surface area contributed by atoms with E-state index in [0.29, 0.717) is 0 Å². The minimum Gasteiger partial charge on any atom is -0.396 e. The maximum Gasteiger partial charge on any atom is 0.270 e. The first kappa shape index (κ1) is 14.7. The molecule has 0 heterocycles. The van der Waals surface area contributed by atoms with Gasteiger partial charge in [0.2, 0.25) is 0 Å². The number of nitrogens with one attached hydrogen (secondary N) is 1. The molecular formula is C13H9ClFN3O3. The third kappa shape index (κ3) is 3.26. The Labute approximate surface area is 123 Å². The zero-order chi connectivity index (χ0) is 15.6. The number of nitro groups is 1. The molecule has 0 saturated carbocycles. The minimum atomic E-state index is -0.658. The van der Waals surface area contributed by atoms with E-state index in [1.807, 2.05) is 0 Å². The summed E-state index contributed by atoms with van der Waals surface area (Å²) in [5.74, 6) is -1.27. The summed E-state index contributed by atoms with van der Waals surface area (Å²) >= 11 is 5.85. The Balaban J connectivity index is 2.29. The lowest BCUT2D eigenvalue weighted by Gasteiger charge is -2.07. The number of nitro benzene ring substituents is 1. The van der Waals surface area contributed by atoms with E-state index in [1.165, 1.54) is 24.3 Å². The second kappa shape index (κ2) is 5.76. The van der Waals surface area contributed by atoms with Crippen molar-refractivity contribution in [2.45, 2.75) is 0 Å². The molecule has 8 heteroatoms. The molecule has 3 N–H and O–H groups in total. The lowest BCUT2D eigenvalue weighted by atomic mass is 10.1. The number of benzene rings is 2. The van der Waals surface area contributed by atoms with Gasteiger partial charge in [-0.1, -0.05) is 11.6 Å². The van der Waals surface area contributed by atoms with E-state index in [2.05, 4.69) is 5.32 Å². The van der Waals surface area contributed by atoms with Crippen LogP contribution in [-0.2, 0) is 0 Å². The van der Waals surface area contributed by atoms with E-state index in [4.69, 9.17) is 17.3 Å². The highest BCUT2D eigenvalue weighted by molar-refractivity contribution is 6.34. The summed E-state index contributed by atoms with van der Waals surface area (Å²) in [6.45, 7) is 0. The smallest absolute Gasteiger partial charge is 0.270 e. The average Bonchev–Trinajstić information content (AvgIpc) is 2.43. The zero-order valence-corrected chi connectivity index (χ0v) is 11.2. The number of amides is 1. The van der Waals surface area contributed by atoms with Crippen molar-refractivity contribution in [2.24, 2.45) is 0 Å². The van der Waals surface area contributed by atoms with E-state index in [0.717, 1.165) is 12.1 Å². The number of rotatable bonds is 3. The summed E-state index contributed by atoms with van der Waals surface area (Å²) in [4.78, 5) is 22.1. The predicted octanol–water partition coefficient (Wildman–Crippen LogP) is 3.22. The minimum absolute atomic E-state index is 0.0613. The van der Waals surface area contributed by atoms with Gasteiger partial charge in [-0.3, -0.25) is 14.9 Å². The van der Waals surface area contributed by atoms with E-state index >= 15 is 0 Å². The highest BCUT2D eigenvalue weighted by Crippen LogP contribution is 2.24. The number of hydrogen-bond donors (Lipinski definition) is 2. The van der Waals surface area contributed by atoms with E-state index in [9.17, 15) is 19.3 Å². The average molecular weight is 310 g/mol. The molecule has 2 aromatic carbocycles. The molecular weight excluding hydrogens is 301 g/mol. The third-order valence-corrected chi connectivity index (χ3v) is 2.99. The van der Waals surface area contributed by atoms with Gasteiger partial charge in [0.05, 0.1) is 21.2 Å². The van der Waals surface area contributed by atoms with Gasteiger partial charge in [-0.2, -0.15) is 0 Å². The van der Waals surface area contributed by atoms with Crippen LogP contribution >= 0.6 is 11.6 Å². The van der Waals surface area contributed by atoms with Gasteiger partial charge in [-0.25, -0.2) is 4.39 Å². The molecule has 0 saturated heterocycles. The van der Waals surface area contributed by atoms with Crippen molar-refractivity contribution in [1.82, 2.24) is 0 Å². The van der Waals surface area contributed by atoms with Crippen molar-refractivity contribution in [3.8, 4) is 0 Å². The Morgan fingerprint density at radius 3 is 2.62 bits per heavy atom. The SMILES string of the molecule is Nc1cc(NC(=O)c2cc([N+](=O)[O-])ccc2Cl)ccc1F. The third-order valence-electron chi connectivity index (χ3n) is 2.66. The maximum absolute atomic E-state index is 13.0. The largest absolute Gasteiger partial charge is 0.396 e. The van der Waals surface area contributed by atoms with Gasteiger partial charge in [0, 0.05) is 17.8 Å². The molecule has 0 aliphatic heterocycles. The summed E-state index contributed by atoms with van der Waals surface area (Å²) in [7, 11) is 0. The number of nitrogens with zero attached hydrogens (tertiary/aromatic N) is 1. The van der Waals surface area contributed by atoms with Crippen molar-refractivity contribution >= 4 is 34.6 Å². The Morgan fingerprint density at radius 2 is 2.00 bits per heavy atom. The number of non-ortho nitro benzene ring substituents is 1. The molecule has 0 unspecified atom stereocenters. The molecule has 0 radical (unpaired) electrons. The van der Waals surface area contributed by atoms with Crippen LogP contribution in [0.4, 0.5) is 21.5 Å². The Hall–Kier alpha value is -2.67. The number of carbonyl (C=O) groups is 1. The van der Waals surface area contributed by atoms with Gasteiger partial charge >= 0.3 is 0 Å². The molecule has 0 aliphatic carbocycles. The molecule has 2 rings (SSSR count). The molecule has 0 fully saturated rings. The van der Waals surface area contributed by atoms with Crippen LogP contribution in [0.5, 0.6) is 0 Å². The lowest BCUT2D eigenvalue weighted by molar-refractivity contribution is -0.384. The van der Waals surface area contributed by atoms with Gasteiger partial charge in [0.1, 0.15) is 5.82 Å². The number of hydrogen-bond acceptors (Lipinski definition) is 4. The predicted molar refractivity (Wildman–Crippen MR) is 76.9 cm³/mol. The highest BCUT2D eigenvalue weighted by Gasteiger charge is 2.16. The van der Waals surface area contributed by atoms with E-state index < -0.39 is 16.6 Å². The number of anilines is 2. The van der Waals surface area contributed by atoms with Crippen molar-refractivity contribution in [2.75, 3.05) is 11.1 Å². The van der Waals surface area contributed by atoms with Crippen LogP contribution < -0.4 is 11.1 Å². The highest BCUT2D eigenvalue weighted by atomic mass is 35.5. The molecule has 2 aromatic rings. The summed E-state index contributed by atoms with van der Waals surface area (Å²) in [6, 6.07) is 7.15. The van der Waals surface area contributed by atoms with Gasteiger partial charge in [-0.05, 0) is 24.3 Å². The molecule has 1 amide bonds. The number of carbonyl (C=O) groups excluding carboxylic acids is 1. The van der Waals surface area contributed by atoms with Crippen molar-refractivity contribution in [1.29, 1.82) is 0 Å². The van der Waals surface area contributed by atoms with Crippen LogP contribution in [0.1, 0.15) is 10.4 Å². The van der Waals surface area contributed by atoms with Crippen LogP contribution in [-0.4, -0.2) is 10.8 Å². The van der Waals surface area contributed by atoms with Crippen LogP contribution in [0.25, 0.3) is 0 Å². The molecule has 0 aromatic heterocycles. The molecule has 0 aliphatic rings. The summed E-state index contributed by atoms with van der Waals surface area (Å²) in [6.07, 6.45) is 0. The van der Waals surface area contributed by atoms with Crippen LogP contribution in [0.3, 0.4) is 0 Å². The Morgan fingerprint density at radius 1 is 1.29 bits per heavy atom. The van der Waals surface area contributed by atoms with Crippen LogP contribution in [0.15, 0.2) is 36.4 Å². The second-order valence-corrected chi connectivity index (χ2v) is 4.52. The lowest BCUT2D eigenvalue weighted by Crippen LogP contribution is -2.13. The number of nitrogen functional groups attached to an aromatic ring is 1. The topological polar surface area (TPSA) is 98.3 Å². The number of nitrogens with two attached hydrogens (primary N) is 1. The first-order chi connectivity index (χ1) is 9.88. The summed E-state index contributed by atoms with van der Waals surface area (Å²) < 4.78 is 13.0. The second-order valence-electron chi connectivity index (χ2n) is 4.11. The first-order valence-electron chi connectivity index (χ1n) is 5.69. The standard InChI is InChI=1S/C13H9ClFN3O3/c14-10-3-2-8(18(20)21)6-9(10)13(19)17-7-1-4-11(15)12(16)5-7/h1-6H,16H2,(H,17,19). The fraction of sp³-hybridized carbons (Fsp3) is 0. The van der Waals surface area contributed by atoms with E-state index in [1.54, 1.807) is 0 Å². The number of halogens is 2. The quantitative estimate of drug-likeness (QED) is 0.516. The first-order valence-corrected chi connectivity index (χ1v) is 6.06. The van der Waals surface area contributed by atoms with Crippen LogP contribution in [0.2, 0.25) is 5.02 Å². The Kier molecular flexibility index (Phi) is 4.04. The molecule has 6 nitrogen and oxygen atoms in total. The summed E-state index contributed by atoms with van der Waals surface area (Å²) in [5, 5.41) is 13.2. The molecule has 0 spiro atoms.